The highest BCUT2D eigenvalue weighted by Gasteiger charge is 2.14. The van der Waals surface area contributed by atoms with Crippen LogP contribution in [0.2, 0.25) is 0 Å². The number of nitrogens with two attached hydrogens (primary N) is 1. The second-order valence-corrected chi connectivity index (χ2v) is 4.30. The summed E-state index contributed by atoms with van der Waals surface area (Å²) < 4.78 is 0. The van der Waals surface area contributed by atoms with Gasteiger partial charge in [0.05, 0.1) is 6.04 Å². The van der Waals surface area contributed by atoms with Gasteiger partial charge in [0.1, 0.15) is 0 Å². The Balaban J connectivity index is 3.70. The van der Waals surface area contributed by atoms with Crippen LogP contribution in [-0.4, -0.2) is 18.0 Å². The van der Waals surface area contributed by atoms with Crippen molar-refractivity contribution in [3.05, 3.63) is 0 Å². The fourth-order valence-electron chi connectivity index (χ4n) is 1.49. The van der Waals surface area contributed by atoms with Crippen molar-refractivity contribution in [3.63, 3.8) is 0 Å². The van der Waals surface area contributed by atoms with Crippen molar-refractivity contribution in [1.29, 1.82) is 0 Å². The fourth-order valence-corrected chi connectivity index (χ4v) is 1.49. The van der Waals surface area contributed by atoms with Gasteiger partial charge in [0, 0.05) is 6.04 Å². The third kappa shape index (κ3) is 7.37. The maximum absolute atomic E-state index is 11.6. The molecule has 0 radical (unpaired) electrons. The summed E-state index contributed by atoms with van der Waals surface area (Å²) in [6, 6.07) is -0.0702. The van der Waals surface area contributed by atoms with E-state index in [2.05, 4.69) is 19.2 Å². The maximum Gasteiger partial charge on any atom is 0.237 e. The SMILES string of the molecule is CCCCC(C)NC(=O)[C@@H](N)CCCC. The highest BCUT2D eigenvalue weighted by molar-refractivity contribution is 5.81. The molecule has 0 rings (SSSR count). The van der Waals surface area contributed by atoms with Gasteiger partial charge in [0.25, 0.3) is 0 Å². The topological polar surface area (TPSA) is 55.1 Å². The van der Waals surface area contributed by atoms with E-state index in [-0.39, 0.29) is 18.0 Å². The van der Waals surface area contributed by atoms with Crippen molar-refractivity contribution in [2.24, 2.45) is 5.73 Å². The number of unbranched alkanes of at least 4 members (excludes halogenated alkanes) is 2. The molecule has 3 nitrogen and oxygen atoms in total. The molecule has 0 aromatic heterocycles. The largest absolute Gasteiger partial charge is 0.352 e. The second kappa shape index (κ2) is 8.72. The van der Waals surface area contributed by atoms with Gasteiger partial charge in [-0.1, -0.05) is 39.5 Å². The summed E-state index contributed by atoms with van der Waals surface area (Å²) in [6.45, 7) is 6.30. The Morgan fingerprint density at radius 3 is 2.27 bits per heavy atom. The van der Waals surface area contributed by atoms with Gasteiger partial charge in [0.15, 0.2) is 0 Å². The molecule has 0 spiro atoms. The van der Waals surface area contributed by atoms with Crippen LogP contribution in [0, 0.1) is 0 Å². The van der Waals surface area contributed by atoms with E-state index in [1.165, 1.54) is 6.42 Å². The zero-order valence-electron chi connectivity index (χ0n) is 10.4. The van der Waals surface area contributed by atoms with Gasteiger partial charge in [0.2, 0.25) is 5.91 Å². The van der Waals surface area contributed by atoms with Crippen LogP contribution in [0.1, 0.15) is 59.3 Å². The maximum atomic E-state index is 11.6. The summed E-state index contributed by atoms with van der Waals surface area (Å²) in [6.07, 6.45) is 6.28. The van der Waals surface area contributed by atoms with Crippen molar-refractivity contribution >= 4 is 5.91 Å². The van der Waals surface area contributed by atoms with Crippen molar-refractivity contribution in [3.8, 4) is 0 Å². The Labute approximate surface area is 93.8 Å². The van der Waals surface area contributed by atoms with E-state index in [0.29, 0.717) is 0 Å². The van der Waals surface area contributed by atoms with E-state index < -0.39 is 0 Å². The molecule has 0 saturated carbocycles. The molecule has 2 atom stereocenters. The molecule has 3 heteroatoms. The first-order valence-electron chi connectivity index (χ1n) is 6.17. The van der Waals surface area contributed by atoms with E-state index >= 15 is 0 Å². The normalized spacial score (nSPS) is 14.7. The smallest absolute Gasteiger partial charge is 0.237 e. The standard InChI is InChI=1S/C12H26N2O/c1-4-6-8-10(3)14-12(15)11(13)9-7-5-2/h10-11H,4-9,13H2,1-3H3,(H,14,15)/t10?,11-/m0/s1. The van der Waals surface area contributed by atoms with Gasteiger partial charge in [-0.15, -0.1) is 0 Å². The molecular formula is C12H26N2O. The summed E-state index contributed by atoms with van der Waals surface area (Å²) in [5, 5.41) is 2.96. The number of carbonyl (C=O) groups excluding carboxylic acids is 1. The van der Waals surface area contributed by atoms with Crippen molar-refractivity contribution < 1.29 is 4.79 Å². The van der Waals surface area contributed by atoms with Gasteiger partial charge < -0.3 is 11.1 Å². The third-order valence-corrected chi connectivity index (χ3v) is 2.58. The number of hydrogen-bond donors (Lipinski definition) is 2. The zero-order chi connectivity index (χ0) is 11.7. The van der Waals surface area contributed by atoms with Gasteiger partial charge in [-0.05, 0) is 19.8 Å². The molecule has 0 aromatic rings. The van der Waals surface area contributed by atoms with E-state index in [0.717, 1.165) is 32.1 Å². The lowest BCUT2D eigenvalue weighted by Crippen LogP contribution is -2.44. The first-order valence-corrected chi connectivity index (χ1v) is 6.17. The molecule has 0 aromatic carbocycles. The van der Waals surface area contributed by atoms with Crippen LogP contribution in [0.5, 0.6) is 0 Å². The lowest BCUT2D eigenvalue weighted by molar-refractivity contribution is -0.123. The summed E-state index contributed by atoms with van der Waals surface area (Å²) in [5.74, 6) is 0.00653. The summed E-state index contributed by atoms with van der Waals surface area (Å²) in [4.78, 5) is 11.6. The van der Waals surface area contributed by atoms with E-state index in [1.54, 1.807) is 0 Å². The van der Waals surface area contributed by atoms with Crippen LogP contribution in [0.4, 0.5) is 0 Å². The minimum absolute atomic E-state index is 0.00653. The van der Waals surface area contributed by atoms with Gasteiger partial charge in [-0.2, -0.15) is 0 Å². The molecule has 0 aliphatic rings. The van der Waals surface area contributed by atoms with Gasteiger partial charge >= 0.3 is 0 Å². The molecule has 0 bridgehead atoms. The Morgan fingerprint density at radius 1 is 1.20 bits per heavy atom. The van der Waals surface area contributed by atoms with Crippen LogP contribution in [0.25, 0.3) is 0 Å². The van der Waals surface area contributed by atoms with Crippen molar-refractivity contribution in [2.75, 3.05) is 0 Å². The summed E-state index contributed by atoms with van der Waals surface area (Å²) >= 11 is 0. The highest BCUT2D eigenvalue weighted by Crippen LogP contribution is 2.02. The second-order valence-electron chi connectivity index (χ2n) is 4.30. The van der Waals surface area contributed by atoms with Crippen LogP contribution in [-0.2, 0) is 4.79 Å². The Bertz CT molecular complexity index is 171. The Kier molecular flexibility index (Phi) is 8.38. The molecule has 90 valence electrons. The number of amides is 1. The Hall–Kier alpha value is -0.570. The third-order valence-electron chi connectivity index (χ3n) is 2.58. The summed E-state index contributed by atoms with van der Waals surface area (Å²) in [5.41, 5.74) is 5.77. The summed E-state index contributed by atoms with van der Waals surface area (Å²) in [7, 11) is 0. The molecule has 0 saturated heterocycles. The monoisotopic (exact) mass is 214 g/mol. The van der Waals surface area contributed by atoms with E-state index in [4.69, 9.17) is 5.73 Å². The molecule has 1 unspecified atom stereocenters. The number of hydrogen-bond acceptors (Lipinski definition) is 2. The first-order chi connectivity index (χ1) is 7.11. The first kappa shape index (κ1) is 14.4. The van der Waals surface area contributed by atoms with E-state index in [9.17, 15) is 4.79 Å². The lowest BCUT2D eigenvalue weighted by Gasteiger charge is -2.17. The fraction of sp³-hybridized carbons (Fsp3) is 0.917. The number of nitrogens with one attached hydrogen (secondary N) is 1. The van der Waals surface area contributed by atoms with Crippen LogP contribution in [0.15, 0.2) is 0 Å². The predicted molar refractivity (Wildman–Crippen MR) is 64.6 cm³/mol. The molecule has 0 fully saturated rings. The van der Waals surface area contributed by atoms with Gasteiger partial charge in [-0.25, -0.2) is 0 Å². The van der Waals surface area contributed by atoms with Crippen LogP contribution in [0.3, 0.4) is 0 Å². The predicted octanol–water partition coefficient (Wildman–Crippen LogP) is 2.20. The van der Waals surface area contributed by atoms with Gasteiger partial charge in [-0.3, -0.25) is 4.79 Å². The quantitative estimate of drug-likeness (QED) is 0.651. The molecule has 0 aliphatic heterocycles. The highest BCUT2D eigenvalue weighted by atomic mass is 16.2. The van der Waals surface area contributed by atoms with Crippen LogP contribution >= 0.6 is 0 Å². The molecule has 0 aliphatic carbocycles. The number of carbonyl (C=O) groups is 1. The van der Waals surface area contributed by atoms with Crippen molar-refractivity contribution in [1.82, 2.24) is 5.32 Å². The minimum Gasteiger partial charge on any atom is -0.352 e. The van der Waals surface area contributed by atoms with Crippen molar-refractivity contribution in [2.45, 2.75) is 71.4 Å². The molecule has 15 heavy (non-hydrogen) atoms. The average molecular weight is 214 g/mol. The Morgan fingerprint density at radius 2 is 1.73 bits per heavy atom. The van der Waals surface area contributed by atoms with E-state index in [1.807, 2.05) is 6.92 Å². The van der Waals surface area contributed by atoms with Crippen LogP contribution < -0.4 is 11.1 Å². The number of rotatable bonds is 8. The molecule has 1 amide bonds. The lowest BCUT2D eigenvalue weighted by atomic mass is 10.1. The molecular weight excluding hydrogens is 188 g/mol. The average Bonchev–Trinajstić information content (AvgIpc) is 2.22. The minimum atomic E-state index is -0.325. The molecule has 0 heterocycles. The molecule has 3 N–H and O–H groups in total. The zero-order valence-corrected chi connectivity index (χ0v) is 10.4.